The number of rotatable bonds is 6. The maximum absolute atomic E-state index is 12.5. The number of ketones is 1. The summed E-state index contributed by atoms with van der Waals surface area (Å²) in [6.45, 7) is -1.99. The lowest BCUT2D eigenvalue weighted by atomic mass is 9.97. The highest BCUT2D eigenvalue weighted by molar-refractivity contribution is 6.12. The molecule has 1 heterocycles. The Morgan fingerprint density at radius 3 is 2.46 bits per heavy atom. The Hall–Kier alpha value is -2.69. The molecule has 2 rings (SSSR count). The van der Waals surface area contributed by atoms with E-state index in [0.717, 1.165) is 18.9 Å². The van der Waals surface area contributed by atoms with Crippen LogP contribution in [0.5, 0.6) is 11.5 Å². The molecule has 8 heteroatoms. The zero-order valence-corrected chi connectivity index (χ0v) is 13.0. The first-order valence-corrected chi connectivity index (χ1v) is 7.33. The minimum atomic E-state index is -3.04. The smallest absolute Gasteiger partial charge is 0.387 e. The van der Waals surface area contributed by atoms with Crippen molar-refractivity contribution in [2.24, 2.45) is 5.92 Å². The van der Waals surface area contributed by atoms with E-state index in [1.54, 1.807) is 6.07 Å². The summed E-state index contributed by atoms with van der Waals surface area (Å²) in [7, 11) is 1.24. The first-order chi connectivity index (χ1) is 11.5. The van der Waals surface area contributed by atoms with Crippen molar-refractivity contribution in [1.82, 2.24) is 4.90 Å². The number of carbonyl (C=O) groups excluding carboxylic acids is 2. The van der Waals surface area contributed by atoms with Gasteiger partial charge in [0.2, 0.25) is 5.91 Å². The van der Waals surface area contributed by atoms with E-state index in [1.807, 2.05) is 0 Å². The number of nitriles is 1. The molecule has 0 saturated carbocycles. The van der Waals surface area contributed by atoms with Crippen molar-refractivity contribution in [3.8, 4) is 17.6 Å². The van der Waals surface area contributed by atoms with Gasteiger partial charge in [-0.25, -0.2) is 0 Å². The van der Waals surface area contributed by atoms with Crippen LogP contribution in [0, 0.1) is 17.2 Å². The van der Waals surface area contributed by atoms with Gasteiger partial charge >= 0.3 is 6.61 Å². The maximum atomic E-state index is 12.5. The number of halogens is 2. The van der Waals surface area contributed by atoms with Crippen molar-refractivity contribution >= 4 is 11.7 Å². The third kappa shape index (κ3) is 3.79. The van der Waals surface area contributed by atoms with Crippen LogP contribution in [0.1, 0.15) is 23.2 Å². The van der Waals surface area contributed by atoms with Crippen LogP contribution in [0.2, 0.25) is 0 Å². The van der Waals surface area contributed by atoms with Crippen molar-refractivity contribution in [1.29, 1.82) is 5.26 Å². The number of methoxy groups -OCH3 is 1. The Morgan fingerprint density at radius 2 is 1.92 bits per heavy atom. The number of ether oxygens (including phenoxy) is 2. The molecule has 1 unspecified atom stereocenters. The minimum absolute atomic E-state index is 0.0209. The molecule has 1 amide bonds. The topological polar surface area (TPSA) is 79.6 Å². The van der Waals surface area contributed by atoms with E-state index < -0.39 is 24.2 Å². The van der Waals surface area contributed by atoms with E-state index >= 15 is 0 Å². The number of hydrogen-bond donors (Lipinski definition) is 0. The molecule has 0 radical (unpaired) electrons. The Kier molecular flexibility index (Phi) is 5.68. The molecule has 1 aliphatic heterocycles. The van der Waals surface area contributed by atoms with Gasteiger partial charge in [0, 0.05) is 18.7 Å². The quantitative estimate of drug-likeness (QED) is 0.587. The van der Waals surface area contributed by atoms with Crippen LogP contribution in [-0.2, 0) is 4.79 Å². The van der Waals surface area contributed by atoms with Gasteiger partial charge in [-0.15, -0.1) is 0 Å². The van der Waals surface area contributed by atoms with E-state index in [0.29, 0.717) is 13.1 Å². The summed E-state index contributed by atoms with van der Waals surface area (Å²) in [5.74, 6) is -3.01. The predicted molar refractivity (Wildman–Crippen MR) is 78.9 cm³/mol. The lowest BCUT2D eigenvalue weighted by Crippen LogP contribution is -2.37. The van der Waals surface area contributed by atoms with Crippen LogP contribution in [0.3, 0.4) is 0 Å². The van der Waals surface area contributed by atoms with Crippen molar-refractivity contribution in [3.05, 3.63) is 23.8 Å². The van der Waals surface area contributed by atoms with Crippen molar-refractivity contribution in [3.63, 3.8) is 0 Å². The molecule has 0 aromatic heterocycles. The van der Waals surface area contributed by atoms with E-state index in [4.69, 9.17) is 4.74 Å². The molecule has 6 nitrogen and oxygen atoms in total. The Morgan fingerprint density at radius 1 is 1.25 bits per heavy atom. The number of carbonyl (C=O) groups is 2. The van der Waals surface area contributed by atoms with Gasteiger partial charge in [0.05, 0.1) is 13.2 Å². The lowest BCUT2D eigenvalue weighted by molar-refractivity contribution is -0.131. The Labute approximate surface area is 137 Å². The predicted octanol–water partition coefficient (Wildman–Crippen LogP) is 2.24. The van der Waals surface area contributed by atoms with Gasteiger partial charge in [-0.1, -0.05) is 0 Å². The molecule has 24 heavy (non-hydrogen) atoms. The molecular weight excluding hydrogens is 322 g/mol. The largest absolute Gasteiger partial charge is 0.493 e. The second kappa shape index (κ2) is 7.73. The summed E-state index contributed by atoms with van der Waals surface area (Å²) < 4.78 is 33.8. The third-order valence-electron chi connectivity index (χ3n) is 3.72. The fourth-order valence-electron chi connectivity index (χ4n) is 2.53. The fraction of sp³-hybridized carbons (Fsp3) is 0.438. The summed E-state index contributed by atoms with van der Waals surface area (Å²) in [5.41, 5.74) is 0.0209. The summed E-state index contributed by atoms with van der Waals surface area (Å²) in [5, 5.41) is 9.22. The lowest BCUT2D eigenvalue weighted by Gasteiger charge is -2.18. The normalized spacial score (nSPS) is 15.0. The van der Waals surface area contributed by atoms with Gasteiger partial charge in [0.25, 0.3) is 0 Å². The van der Waals surface area contributed by atoms with Crippen LogP contribution in [0.4, 0.5) is 8.78 Å². The van der Waals surface area contributed by atoms with Crippen LogP contribution in [0.25, 0.3) is 0 Å². The molecule has 1 atom stereocenters. The van der Waals surface area contributed by atoms with Gasteiger partial charge in [-0.2, -0.15) is 14.0 Å². The van der Waals surface area contributed by atoms with E-state index in [2.05, 4.69) is 4.74 Å². The second-order valence-electron chi connectivity index (χ2n) is 5.20. The molecule has 0 N–H and O–H groups in total. The number of nitrogens with zero attached hydrogens (tertiary/aromatic N) is 2. The Balaban J connectivity index is 2.24. The van der Waals surface area contributed by atoms with Gasteiger partial charge in [-0.3, -0.25) is 9.59 Å². The molecule has 1 aromatic rings. The van der Waals surface area contributed by atoms with Crippen LogP contribution >= 0.6 is 0 Å². The molecule has 1 fully saturated rings. The molecule has 0 aliphatic carbocycles. The summed E-state index contributed by atoms with van der Waals surface area (Å²) in [6, 6.07) is 5.28. The molecule has 0 bridgehead atoms. The number of hydrogen-bond acceptors (Lipinski definition) is 5. The highest BCUT2D eigenvalue weighted by Crippen LogP contribution is 2.30. The van der Waals surface area contributed by atoms with Gasteiger partial charge in [0.1, 0.15) is 0 Å². The summed E-state index contributed by atoms with van der Waals surface area (Å²) in [4.78, 5) is 26.2. The average molecular weight is 338 g/mol. The van der Waals surface area contributed by atoms with Crippen molar-refractivity contribution in [2.75, 3.05) is 20.2 Å². The van der Waals surface area contributed by atoms with Crippen LogP contribution in [-0.4, -0.2) is 43.4 Å². The third-order valence-corrected chi connectivity index (χ3v) is 3.72. The first kappa shape index (κ1) is 17.7. The highest BCUT2D eigenvalue weighted by Gasteiger charge is 2.33. The standard InChI is InChI=1S/C16H16F2N2O4/c1-23-13-8-10(4-5-12(13)24-16(17)18)14(21)11(9-19)15(22)20-6-2-3-7-20/h4-5,8,11,16H,2-3,6-7H2,1H3. The average Bonchev–Trinajstić information content (AvgIpc) is 3.09. The van der Waals surface area contributed by atoms with Crippen molar-refractivity contribution in [2.45, 2.75) is 19.5 Å². The maximum Gasteiger partial charge on any atom is 0.387 e. The zero-order chi connectivity index (χ0) is 17.7. The van der Waals surface area contributed by atoms with Gasteiger partial charge in [0.15, 0.2) is 23.2 Å². The SMILES string of the molecule is COc1cc(C(=O)C(C#N)C(=O)N2CCCC2)ccc1OC(F)F. The number of alkyl halides is 2. The van der Waals surface area contributed by atoms with Gasteiger partial charge in [-0.05, 0) is 31.0 Å². The highest BCUT2D eigenvalue weighted by atomic mass is 19.3. The van der Waals surface area contributed by atoms with Crippen LogP contribution < -0.4 is 9.47 Å². The first-order valence-electron chi connectivity index (χ1n) is 7.33. The number of amides is 1. The molecule has 0 spiro atoms. The van der Waals surface area contributed by atoms with E-state index in [9.17, 15) is 23.6 Å². The van der Waals surface area contributed by atoms with Gasteiger partial charge < -0.3 is 14.4 Å². The summed E-state index contributed by atoms with van der Waals surface area (Å²) in [6.07, 6.45) is 1.68. The molecule has 128 valence electrons. The second-order valence-corrected chi connectivity index (χ2v) is 5.20. The Bertz CT molecular complexity index is 667. The molecule has 1 saturated heterocycles. The fourth-order valence-corrected chi connectivity index (χ4v) is 2.53. The number of likely N-dealkylation sites (tertiary alicyclic amines) is 1. The summed E-state index contributed by atoms with van der Waals surface area (Å²) >= 11 is 0. The molecule has 1 aromatic carbocycles. The van der Waals surface area contributed by atoms with Crippen LogP contribution in [0.15, 0.2) is 18.2 Å². The molecular formula is C16H16F2N2O4. The number of benzene rings is 1. The molecule has 1 aliphatic rings. The number of Topliss-reactive ketones (excluding diaryl/α,β-unsaturated/α-hetero) is 1. The van der Waals surface area contributed by atoms with E-state index in [-0.39, 0.29) is 17.1 Å². The monoisotopic (exact) mass is 338 g/mol. The minimum Gasteiger partial charge on any atom is -0.493 e. The van der Waals surface area contributed by atoms with E-state index in [1.165, 1.54) is 24.1 Å². The zero-order valence-electron chi connectivity index (χ0n) is 13.0. The van der Waals surface area contributed by atoms with Crippen molar-refractivity contribution < 1.29 is 27.8 Å².